The number of ether oxygens (including phenoxy) is 1. The van der Waals surface area contributed by atoms with Gasteiger partial charge in [0.2, 0.25) is 5.91 Å². The third-order valence-electron chi connectivity index (χ3n) is 2.44. The monoisotopic (exact) mass is 292 g/mol. The van der Waals surface area contributed by atoms with Gasteiger partial charge in [0, 0.05) is 19.2 Å². The zero-order chi connectivity index (χ0) is 13.5. The second-order valence-corrected chi connectivity index (χ2v) is 3.86. The minimum atomic E-state index is -0.739. The van der Waals surface area contributed by atoms with E-state index in [1.54, 1.807) is 6.07 Å². The molecule has 1 aromatic carbocycles. The highest BCUT2D eigenvalue weighted by Gasteiger charge is 2.12. The maximum absolute atomic E-state index is 13.3. The molecule has 7 heteroatoms. The third-order valence-corrected chi connectivity index (χ3v) is 2.44. The molecule has 1 atom stereocenters. The molecule has 4 N–H and O–H groups in total. The summed E-state index contributed by atoms with van der Waals surface area (Å²) < 4.78 is 18.1. The Morgan fingerprint density at radius 2 is 2.26 bits per heavy atom. The van der Waals surface area contributed by atoms with E-state index in [1.165, 1.54) is 19.2 Å². The van der Waals surface area contributed by atoms with Gasteiger partial charge in [-0.2, -0.15) is 0 Å². The lowest BCUT2D eigenvalue weighted by Crippen LogP contribution is -2.43. The number of carbonyl (C=O) groups is 1. The normalized spacial score (nSPS) is 11.6. The predicted molar refractivity (Wildman–Crippen MR) is 71.3 cm³/mol. The molecule has 1 rings (SSSR count). The highest BCUT2D eigenvalue weighted by molar-refractivity contribution is 5.85. The Hall–Kier alpha value is -1.21. The molecule has 108 valence electrons. The number of amides is 1. The quantitative estimate of drug-likeness (QED) is 0.705. The van der Waals surface area contributed by atoms with E-state index in [0.29, 0.717) is 5.56 Å². The number of aliphatic hydroxyl groups is 1. The van der Waals surface area contributed by atoms with Gasteiger partial charge in [-0.25, -0.2) is 4.39 Å². The van der Waals surface area contributed by atoms with Gasteiger partial charge in [-0.15, -0.1) is 12.4 Å². The van der Waals surface area contributed by atoms with Crippen LogP contribution in [0.25, 0.3) is 0 Å². The molecule has 1 amide bonds. The molecule has 0 saturated carbocycles. The molecule has 1 unspecified atom stereocenters. The van der Waals surface area contributed by atoms with E-state index < -0.39 is 11.9 Å². The fraction of sp³-hybridized carbons (Fsp3) is 0.417. The number of rotatable bonds is 6. The van der Waals surface area contributed by atoms with Crippen molar-refractivity contribution in [3.8, 4) is 0 Å². The summed E-state index contributed by atoms with van der Waals surface area (Å²) in [5.41, 5.74) is 6.35. The van der Waals surface area contributed by atoms with Crippen LogP contribution in [0.5, 0.6) is 0 Å². The second-order valence-electron chi connectivity index (χ2n) is 3.86. The summed E-state index contributed by atoms with van der Waals surface area (Å²) in [5, 5.41) is 11.4. The maximum Gasteiger partial charge on any atom is 0.239 e. The molecule has 0 fully saturated rings. The Morgan fingerprint density at radius 1 is 1.58 bits per heavy atom. The largest absolute Gasteiger partial charge is 0.392 e. The molecule has 1 aromatic rings. The van der Waals surface area contributed by atoms with Crippen LogP contribution in [0, 0.1) is 5.82 Å². The molecule has 0 saturated heterocycles. The zero-order valence-corrected chi connectivity index (χ0v) is 11.4. The van der Waals surface area contributed by atoms with Crippen LogP contribution in [0.3, 0.4) is 0 Å². The first kappa shape index (κ1) is 17.8. The number of nitrogens with two attached hydrogens (primary N) is 1. The van der Waals surface area contributed by atoms with Crippen LogP contribution >= 0.6 is 12.4 Å². The van der Waals surface area contributed by atoms with Crippen molar-refractivity contribution >= 4 is 18.3 Å². The molecular weight excluding hydrogens is 275 g/mol. The Balaban J connectivity index is 0.00000324. The summed E-state index contributed by atoms with van der Waals surface area (Å²) in [4.78, 5) is 11.5. The van der Waals surface area contributed by atoms with Crippen LogP contribution in [-0.2, 0) is 22.7 Å². The van der Waals surface area contributed by atoms with E-state index in [0.717, 1.165) is 0 Å². The molecule has 0 aromatic heterocycles. The van der Waals surface area contributed by atoms with Crippen molar-refractivity contribution in [1.82, 2.24) is 5.32 Å². The summed E-state index contributed by atoms with van der Waals surface area (Å²) in [7, 11) is 1.45. The van der Waals surface area contributed by atoms with E-state index >= 15 is 0 Å². The highest BCUT2D eigenvalue weighted by atomic mass is 35.5. The summed E-state index contributed by atoms with van der Waals surface area (Å²) in [6.45, 7) is -0.0420. The Bertz CT molecular complexity index is 418. The van der Waals surface area contributed by atoms with Crippen molar-refractivity contribution in [2.24, 2.45) is 5.73 Å². The van der Waals surface area contributed by atoms with Crippen LogP contribution in [-0.4, -0.2) is 30.8 Å². The fourth-order valence-electron chi connectivity index (χ4n) is 1.40. The van der Waals surface area contributed by atoms with Gasteiger partial charge in [0.05, 0.1) is 13.2 Å². The number of methoxy groups -OCH3 is 1. The van der Waals surface area contributed by atoms with Crippen molar-refractivity contribution in [2.45, 2.75) is 19.2 Å². The molecule has 0 heterocycles. The van der Waals surface area contributed by atoms with Gasteiger partial charge in [-0.05, 0) is 11.6 Å². The van der Waals surface area contributed by atoms with E-state index in [9.17, 15) is 9.18 Å². The summed E-state index contributed by atoms with van der Waals surface area (Å²) in [5.74, 6) is -0.853. The summed E-state index contributed by atoms with van der Waals surface area (Å²) in [6.07, 6.45) is 0. The van der Waals surface area contributed by atoms with Gasteiger partial charge in [0.25, 0.3) is 0 Å². The molecular formula is C12H18ClFN2O3. The third kappa shape index (κ3) is 5.52. The molecule has 19 heavy (non-hydrogen) atoms. The van der Waals surface area contributed by atoms with Gasteiger partial charge in [0.1, 0.15) is 11.9 Å². The summed E-state index contributed by atoms with van der Waals surface area (Å²) in [6, 6.07) is 3.65. The van der Waals surface area contributed by atoms with Gasteiger partial charge in [-0.3, -0.25) is 4.79 Å². The van der Waals surface area contributed by atoms with E-state index in [4.69, 9.17) is 15.6 Å². The van der Waals surface area contributed by atoms with Crippen LogP contribution in [0.2, 0.25) is 0 Å². The molecule has 0 aliphatic heterocycles. The Labute approximate surface area is 117 Å². The molecule has 0 radical (unpaired) electrons. The lowest BCUT2D eigenvalue weighted by molar-refractivity contribution is -0.123. The zero-order valence-electron chi connectivity index (χ0n) is 10.6. The van der Waals surface area contributed by atoms with E-state index in [2.05, 4.69) is 5.32 Å². The van der Waals surface area contributed by atoms with Gasteiger partial charge in [0.15, 0.2) is 0 Å². The molecule has 0 spiro atoms. The standard InChI is InChI=1S/C12H17FN2O3.ClH/c1-18-7-11(14)12(17)15-5-8-2-3-9(6-16)10(13)4-8;/h2-4,11,16H,5-7,14H2,1H3,(H,15,17);1H. The molecule has 5 nitrogen and oxygen atoms in total. The number of carbonyl (C=O) groups excluding carboxylic acids is 1. The highest BCUT2D eigenvalue weighted by Crippen LogP contribution is 2.10. The molecule has 0 bridgehead atoms. The van der Waals surface area contributed by atoms with Crippen LogP contribution in [0.1, 0.15) is 11.1 Å². The summed E-state index contributed by atoms with van der Waals surface area (Å²) >= 11 is 0. The maximum atomic E-state index is 13.3. The van der Waals surface area contributed by atoms with Crippen molar-refractivity contribution in [1.29, 1.82) is 0 Å². The lowest BCUT2D eigenvalue weighted by Gasteiger charge is -2.11. The number of aliphatic hydroxyl groups excluding tert-OH is 1. The first-order valence-electron chi connectivity index (χ1n) is 5.49. The van der Waals surface area contributed by atoms with Crippen LogP contribution in [0.4, 0.5) is 4.39 Å². The number of hydrogen-bond donors (Lipinski definition) is 3. The van der Waals surface area contributed by atoms with Crippen LogP contribution in [0.15, 0.2) is 18.2 Å². The average molecular weight is 293 g/mol. The first-order valence-corrected chi connectivity index (χ1v) is 5.49. The van der Waals surface area contributed by atoms with Gasteiger partial charge < -0.3 is 20.9 Å². The SMILES string of the molecule is COCC(N)C(=O)NCc1ccc(CO)c(F)c1.Cl. The topological polar surface area (TPSA) is 84.6 Å². The number of nitrogens with one attached hydrogen (secondary N) is 1. The number of halogens is 2. The van der Waals surface area contributed by atoms with Gasteiger partial charge in [-0.1, -0.05) is 12.1 Å². The Morgan fingerprint density at radius 3 is 2.79 bits per heavy atom. The molecule has 0 aliphatic rings. The van der Waals surface area contributed by atoms with Crippen LogP contribution < -0.4 is 11.1 Å². The molecule has 0 aliphatic carbocycles. The lowest BCUT2D eigenvalue weighted by atomic mass is 10.1. The fourth-order valence-corrected chi connectivity index (χ4v) is 1.40. The average Bonchev–Trinajstić information content (AvgIpc) is 2.36. The second kappa shape index (κ2) is 8.82. The smallest absolute Gasteiger partial charge is 0.239 e. The minimum Gasteiger partial charge on any atom is -0.392 e. The van der Waals surface area contributed by atoms with Gasteiger partial charge >= 0.3 is 0 Å². The van der Waals surface area contributed by atoms with E-state index in [1.807, 2.05) is 0 Å². The van der Waals surface area contributed by atoms with Crippen molar-refractivity contribution < 1.29 is 19.0 Å². The minimum absolute atomic E-state index is 0. The first-order chi connectivity index (χ1) is 8.58. The number of benzene rings is 1. The Kier molecular flexibility index (Phi) is 8.26. The van der Waals surface area contributed by atoms with Crippen molar-refractivity contribution in [3.63, 3.8) is 0 Å². The van der Waals surface area contributed by atoms with E-state index in [-0.39, 0.29) is 43.6 Å². The number of hydrogen-bond acceptors (Lipinski definition) is 4. The van der Waals surface area contributed by atoms with Crippen molar-refractivity contribution in [2.75, 3.05) is 13.7 Å². The predicted octanol–water partition coefficient (Wildman–Crippen LogP) is 0.330. The van der Waals surface area contributed by atoms with Crippen molar-refractivity contribution in [3.05, 3.63) is 35.1 Å².